The van der Waals surface area contributed by atoms with Gasteiger partial charge >= 0.3 is 15.6 Å². The lowest BCUT2D eigenvalue weighted by molar-refractivity contribution is -0.385. The lowest BCUT2D eigenvalue weighted by atomic mass is 10.0. The van der Waals surface area contributed by atoms with Gasteiger partial charge in [-0.05, 0) is 104 Å². The molecule has 2 fully saturated rings. The van der Waals surface area contributed by atoms with Crippen molar-refractivity contribution in [3.8, 4) is 0 Å². The van der Waals surface area contributed by atoms with Crippen molar-refractivity contribution in [2.45, 2.75) is 96.0 Å². The van der Waals surface area contributed by atoms with Gasteiger partial charge in [-0.3, -0.25) is 48.0 Å². The molecule has 0 bridgehead atoms. The van der Waals surface area contributed by atoms with Crippen LogP contribution in [0.1, 0.15) is 81.7 Å². The highest BCUT2D eigenvalue weighted by atomic mass is 31.2. The molecular weight excluding hydrogens is 1250 g/mol. The number of ketones is 2. The number of carbonyl (C=O) groups is 2. The van der Waals surface area contributed by atoms with Gasteiger partial charge in [0, 0.05) is 80.9 Å². The molecule has 0 spiro atoms. The lowest BCUT2D eigenvalue weighted by Crippen LogP contribution is -2.38. The summed E-state index contributed by atoms with van der Waals surface area (Å²) < 4.78 is 47.5. The van der Waals surface area contributed by atoms with Crippen molar-refractivity contribution in [2.75, 3.05) is 47.4 Å². The molecule has 0 amide bonds. The predicted molar refractivity (Wildman–Crippen MR) is 343 cm³/mol. The highest BCUT2D eigenvalue weighted by Crippen LogP contribution is 2.47. The third kappa shape index (κ3) is 17.4. The maximum atomic E-state index is 13.3. The summed E-state index contributed by atoms with van der Waals surface area (Å²) in [5, 5.41) is 43.6. The Morgan fingerprint density at radius 3 is 1.47 bits per heavy atom. The Labute approximate surface area is 531 Å². The van der Waals surface area contributed by atoms with Crippen LogP contribution < -0.4 is 21.3 Å². The van der Waals surface area contributed by atoms with Crippen LogP contribution in [-0.4, -0.2) is 148 Å². The first-order valence-corrected chi connectivity index (χ1v) is 31.7. The number of phosphoric ester groups is 2. The second-order valence-corrected chi connectivity index (χ2v) is 23.5. The molecule has 2 aliphatic rings. The van der Waals surface area contributed by atoms with Crippen LogP contribution in [-0.2, 0) is 37.2 Å². The van der Waals surface area contributed by atoms with E-state index in [0.29, 0.717) is 50.2 Å². The first-order chi connectivity index (χ1) is 43.9. The fourth-order valence-corrected chi connectivity index (χ4v) is 11.6. The molecule has 6 heterocycles. The van der Waals surface area contributed by atoms with E-state index in [4.69, 9.17) is 30.0 Å². The standard InChI is InChI=1S/C30H33N6O9P.C29H32N7O9P.CH4/c1-2-34(21-11-7-19(8-12-21)5-6-20-9-13-22(14-10-20)36(39)40)17-3-4-24(37)27-28(45-46(41,42)43)26(38)30(44-27)35-18-33-25-23(31)15-16-32-29(25)35;1-2-34(20-11-7-18(8-12-20)5-6-19-9-13-21(14-10-19)36(39)40)15-3-4-22(37)25-24(38)26(45-46(41,42)43)29(44-25)35-17-33-23-27(30)31-16-32-28(23)35;/h5-16,18,26-28,30,38H,2-4,17H2,1H3,(H2,31,32)(H2,41,42,43);5-14,16-17,24-26,29,38H,2-4,15H2,1H3,(H2,30,31,32)(H2,41,42,43);1H4/b2*6-5+;/t26-,27-,28+,30-;24-,25-,26-,29-;/m11./s1. The summed E-state index contributed by atoms with van der Waals surface area (Å²) >= 11 is 0. The normalized spacial score (nSPS) is 19.8. The van der Waals surface area contributed by atoms with Crippen LogP contribution in [0.2, 0.25) is 0 Å². The van der Waals surface area contributed by atoms with E-state index in [-0.39, 0.29) is 54.3 Å². The molecule has 4 aromatic carbocycles. The summed E-state index contributed by atoms with van der Waals surface area (Å²) in [6, 6.07) is 29.6. The fraction of sp³-hybridized carbons (Fsp3) is 0.317. The quantitative estimate of drug-likeness (QED) is 0.0113. The van der Waals surface area contributed by atoms with E-state index in [0.717, 1.165) is 33.6 Å². The first kappa shape index (κ1) is 69.8. The number of benzene rings is 4. The maximum absolute atomic E-state index is 13.3. The number of hydrogen-bond acceptors (Lipinski definition) is 23. The molecule has 0 aliphatic carbocycles. The number of Topliss-reactive ketones (excluding diaryl/α,β-unsaturated/α-hetero) is 2. The zero-order chi connectivity index (χ0) is 66.0. The van der Waals surface area contributed by atoms with Crippen LogP contribution in [0.25, 0.3) is 46.6 Å². The number of aliphatic hydroxyl groups is 2. The largest absolute Gasteiger partial charge is 0.470 e. The number of fused-ring (bicyclic) bond motifs is 2. The zero-order valence-electron chi connectivity index (χ0n) is 49.3. The van der Waals surface area contributed by atoms with Crippen molar-refractivity contribution in [1.82, 2.24) is 34.1 Å². The number of anilines is 4. The van der Waals surface area contributed by atoms with E-state index in [1.165, 1.54) is 58.6 Å². The van der Waals surface area contributed by atoms with Crippen molar-refractivity contribution in [3.63, 3.8) is 0 Å². The average molecular weight is 1320 g/mol. The van der Waals surface area contributed by atoms with Crippen molar-refractivity contribution < 1.29 is 76.9 Å². The first-order valence-electron chi connectivity index (χ1n) is 28.7. The van der Waals surface area contributed by atoms with Gasteiger partial charge in [-0.2, -0.15) is 0 Å². The summed E-state index contributed by atoms with van der Waals surface area (Å²) in [6.45, 7) is 6.28. The minimum atomic E-state index is -5.10. The van der Waals surface area contributed by atoms with Crippen LogP contribution >= 0.6 is 15.6 Å². The number of rotatable bonds is 26. The number of pyridine rings is 1. The molecule has 8 aromatic rings. The number of hydrogen-bond donors (Lipinski definition) is 8. The summed E-state index contributed by atoms with van der Waals surface area (Å²) in [5.74, 6) is -0.883. The van der Waals surface area contributed by atoms with Gasteiger partial charge in [0.25, 0.3) is 11.4 Å². The Bertz CT molecular complexity index is 4070. The summed E-state index contributed by atoms with van der Waals surface area (Å²) in [4.78, 5) is 110. The molecule has 31 nitrogen and oxygen atoms in total. The van der Waals surface area contributed by atoms with Gasteiger partial charge in [-0.1, -0.05) is 56.0 Å². The molecule has 492 valence electrons. The molecule has 10 N–H and O–H groups in total. The Morgan fingerprint density at radius 1 is 0.591 bits per heavy atom. The number of imidazole rings is 2. The van der Waals surface area contributed by atoms with Gasteiger partial charge in [-0.15, -0.1) is 0 Å². The molecule has 2 aliphatic heterocycles. The van der Waals surface area contributed by atoms with Gasteiger partial charge < -0.3 is 60.5 Å². The number of nitro benzene ring substituents is 2. The molecule has 33 heteroatoms. The average Bonchev–Trinajstić information content (AvgIpc) is 1.63. The monoisotopic (exact) mass is 1320 g/mol. The number of non-ortho nitro benzene ring substituents is 2. The Hall–Kier alpha value is -9.07. The summed E-state index contributed by atoms with van der Waals surface area (Å²) in [7, 11) is -10.2. The van der Waals surface area contributed by atoms with Crippen LogP contribution in [0.4, 0.5) is 34.3 Å². The van der Waals surface area contributed by atoms with Gasteiger partial charge in [0.2, 0.25) is 0 Å². The molecule has 0 saturated carbocycles. The Kier molecular flexibility index (Phi) is 23.0. The number of ether oxygens (including phenoxy) is 2. The summed E-state index contributed by atoms with van der Waals surface area (Å²) in [5.41, 5.74) is 18.5. The van der Waals surface area contributed by atoms with Gasteiger partial charge in [0.1, 0.15) is 54.0 Å². The van der Waals surface area contributed by atoms with Gasteiger partial charge in [0.05, 0.1) is 28.2 Å². The van der Waals surface area contributed by atoms with E-state index in [1.54, 1.807) is 30.3 Å². The lowest BCUT2D eigenvalue weighted by Gasteiger charge is -2.24. The third-order valence-electron chi connectivity index (χ3n) is 15.1. The highest BCUT2D eigenvalue weighted by molar-refractivity contribution is 7.46. The minimum Gasteiger partial charge on any atom is -0.397 e. The van der Waals surface area contributed by atoms with E-state index < -0.39 is 86.1 Å². The van der Waals surface area contributed by atoms with E-state index >= 15 is 0 Å². The molecule has 8 atom stereocenters. The molecular formula is C60H69N13O18P2. The smallest absolute Gasteiger partial charge is 0.397 e. The molecule has 0 radical (unpaired) electrons. The van der Waals surface area contributed by atoms with E-state index in [9.17, 15) is 68.7 Å². The van der Waals surface area contributed by atoms with Crippen molar-refractivity contribution in [3.05, 3.63) is 171 Å². The van der Waals surface area contributed by atoms with E-state index in [2.05, 4.69) is 34.7 Å². The Balaban J connectivity index is 0.000000236. The number of carbonyl (C=O) groups excluding carboxylic acids is 2. The van der Waals surface area contributed by atoms with Gasteiger partial charge in [0.15, 0.2) is 41.1 Å². The highest BCUT2D eigenvalue weighted by Gasteiger charge is 2.53. The van der Waals surface area contributed by atoms with E-state index in [1.807, 2.05) is 86.7 Å². The van der Waals surface area contributed by atoms with Crippen LogP contribution in [0.5, 0.6) is 0 Å². The fourth-order valence-electron chi connectivity index (χ4n) is 10.5. The number of aromatic nitrogens is 7. The second kappa shape index (κ2) is 30.6. The summed E-state index contributed by atoms with van der Waals surface area (Å²) in [6.07, 6.45) is 1.50. The van der Waals surface area contributed by atoms with Crippen LogP contribution in [0.15, 0.2) is 128 Å². The Morgan fingerprint density at radius 2 is 1.01 bits per heavy atom. The zero-order valence-corrected chi connectivity index (χ0v) is 51.0. The molecule has 0 unspecified atom stereocenters. The molecule has 93 heavy (non-hydrogen) atoms. The second-order valence-electron chi connectivity index (χ2n) is 21.2. The minimum absolute atomic E-state index is 0. The van der Waals surface area contributed by atoms with Crippen molar-refractivity contribution in [2.24, 2.45) is 0 Å². The number of nitro groups is 2. The maximum Gasteiger partial charge on any atom is 0.470 e. The number of nitrogen functional groups attached to an aromatic ring is 2. The SMILES string of the molecule is C.CCN(CCCC(=O)[C@H]1O[C@@H](n2cnc3c(N)ccnc32)[C@H](O)[C@@H]1OP(=O)(O)O)c1ccc(/C=C/c2ccc([N+](=O)[O-])cc2)cc1.CCN(CCCC(=O)[C@H]1O[C@@H](n2cnc3c(N)ncnc32)[C@H](OP(=O)(O)O)[C@@H]1O)c1ccc(/C=C/c2ccc([N+](=O)[O-])cc2)cc1. The number of nitrogens with two attached hydrogens (primary N) is 2. The number of phosphoric acid groups is 2. The van der Waals surface area contributed by atoms with Gasteiger partial charge in [-0.25, -0.2) is 34.0 Å². The predicted octanol–water partition coefficient (Wildman–Crippen LogP) is 7.44. The topological polar surface area (TPSA) is 446 Å². The molecule has 2 saturated heterocycles. The van der Waals surface area contributed by atoms with Crippen LogP contribution in [0, 0.1) is 20.2 Å². The van der Waals surface area contributed by atoms with Crippen molar-refractivity contribution in [1.29, 1.82) is 0 Å². The third-order valence-corrected chi connectivity index (χ3v) is 16.2. The van der Waals surface area contributed by atoms with Crippen LogP contribution in [0.3, 0.4) is 0 Å². The molecule has 10 rings (SSSR count). The molecule has 4 aromatic heterocycles. The number of aliphatic hydroxyl groups excluding tert-OH is 2. The number of nitrogens with zero attached hydrogens (tertiary/aromatic N) is 11. The van der Waals surface area contributed by atoms with Crippen molar-refractivity contribution >= 4 is 108 Å².